The van der Waals surface area contributed by atoms with Gasteiger partial charge in [-0.1, -0.05) is 0 Å². The van der Waals surface area contributed by atoms with Crippen LogP contribution in [0.2, 0.25) is 0 Å². The van der Waals surface area contributed by atoms with Gasteiger partial charge in [-0.05, 0) is 18.6 Å². The molecule has 0 bridgehead atoms. The molecule has 0 aromatic carbocycles. The minimum Gasteiger partial charge on any atom is -0.479 e. The van der Waals surface area contributed by atoms with Crippen molar-refractivity contribution in [3.8, 4) is 0 Å². The van der Waals surface area contributed by atoms with E-state index in [0.29, 0.717) is 31.3 Å². The first kappa shape index (κ1) is 11.2. The molecule has 0 aliphatic carbocycles. The second-order valence-electron chi connectivity index (χ2n) is 4.14. The maximum Gasteiger partial charge on any atom is 0.336 e. The number of rotatable bonds is 4. The van der Waals surface area contributed by atoms with Gasteiger partial charge < -0.3 is 14.6 Å². The fourth-order valence-electron chi connectivity index (χ4n) is 1.88. The second kappa shape index (κ2) is 4.72. The molecule has 2 aliphatic heterocycles. The maximum absolute atomic E-state index is 11.2. The van der Waals surface area contributed by atoms with Crippen molar-refractivity contribution in [2.75, 3.05) is 31.3 Å². The van der Waals surface area contributed by atoms with Crippen molar-refractivity contribution in [3.05, 3.63) is 0 Å². The van der Waals surface area contributed by atoms with E-state index in [1.165, 1.54) is 0 Å². The standard InChI is InChI=1S/C10H16O4S/c11-9(12)10(2-4-15-7-10)14-6-8-1-3-13-5-8/h8H,1-7H2,(H,11,12). The first-order valence-corrected chi connectivity index (χ1v) is 6.41. The number of carbonyl (C=O) groups is 1. The van der Waals surface area contributed by atoms with Crippen LogP contribution < -0.4 is 0 Å². The summed E-state index contributed by atoms with van der Waals surface area (Å²) < 4.78 is 10.9. The fourth-order valence-corrected chi connectivity index (χ4v) is 3.18. The smallest absolute Gasteiger partial charge is 0.336 e. The summed E-state index contributed by atoms with van der Waals surface area (Å²) in [6.45, 7) is 2.01. The lowest BCUT2D eigenvalue weighted by Gasteiger charge is -2.25. The predicted octanol–water partition coefficient (Wildman–Crippen LogP) is 1.000. The third-order valence-corrected chi connectivity index (χ3v) is 4.16. The molecule has 0 radical (unpaired) electrons. The van der Waals surface area contributed by atoms with Gasteiger partial charge in [-0.15, -0.1) is 0 Å². The normalized spacial score (nSPS) is 35.9. The molecular weight excluding hydrogens is 216 g/mol. The third-order valence-electron chi connectivity index (χ3n) is 2.99. The zero-order chi connectivity index (χ0) is 10.7. The number of hydrogen-bond acceptors (Lipinski definition) is 4. The van der Waals surface area contributed by atoms with Gasteiger partial charge in [0.15, 0.2) is 5.60 Å². The largest absolute Gasteiger partial charge is 0.479 e. The summed E-state index contributed by atoms with van der Waals surface area (Å²) in [5.74, 6) is 1.03. The minimum atomic E-state index is -0.923. The number of aliphatic carboxylic acids is 1. The summed E-state index contributed by atoms with van der Waals surface area (Å²) in [6.07, 6.45) is 1.61. The number of ether oxygens (including phenoxy) is 2. The van der Waals surface area contributed by atoms with E-state index in [9.17, 15) is 4.79 Å². The van der Waals surface area contributed by atoms with Gasteiger partial charge in [-0.2, -0.15) is 11.8 Å². The molecule has 2 aliphatic rings. The van der Waals surface area contributed by atoms with Gasteiger partial charge in [0.2, 0.25) is 0 Å². The number of carboxylic acid groups (broad SMARTS) is 1. The summed E-state index contributed by atoms with van der Waals surface area (Å²) in [7, 11) is 0. The summed E-state index contributed by atoms with van der Waals surface area (Å²) in [5, 5.41) is 9.17. The van der Waals surface area contributed by atoms with Crippen LogP contribution in [0.5, 0.6) is 0 Å². The van der Waals surface area contributed by atoms with E-state index in [4.69, 9.17) is 14.6 Å². The lowest BCUT2D eigenvalue weighted by Crippen LogP contribution is -2.42. The van der Waals surface area contributed by atoms with Gasteiger partial charge in [0.05, 0.1) is 13.2 Å². The summed E-state index contributed by atoms with van der Waals surface area (Å²) in [5.41, 5.74) is -0.923. The number of hydrogen-bond donors (Lipinski definition) is 1. The van der Waals surface area contributed by atoms with Gasteiger partial charge in [0, 0.05) is 18.3 Å². The highest BCUT2D eigenvalue weighted by Gasteiger charge is 2.43. The maximum atomic E-state index is 11.2. The zero-order valence-electron chi connectivity index (χ0n) is 8.61. The molecule has 2 rings (SSSR count). The van der Waals surface area contributed by atoms with Crippen molar-refractivity contribution in [2.24, 2.45) is 5.92 Å². The Kier molecular flexibility index (Phi) is 3.53. The Morgan fingerprint density at radius 2 is 2.53 bits per heavy atom. The molecule has 4 nitrogen and oxygen atoms in total. The average Bonchev–Trinajstić information content (AvgIpc) is 2.87. The van der Waals surface area contributed by atoms with E-state index in [0.717, 1.165) is 18.8 Å². The Bertz CT molecular complexity index is 232. The molecule has 0 amide bonds. The molecule has 1 N–H and O–H groups in total. The van der Waals surface area contributed by atoms with E-state index >= 15 is 0 Å². The zero-order valence-corrected chi connectivity index (χ0v) is 9.42. The van der Waals surface area contributed by atoms with Crippen LogP contribution in [0.1, 0.15) is 12.8 Å². The number of thioether (sulfide) groups is 1. The summed E-state index contributed by atoms with van der Waals surface area (Å²) in [4.78, 5) is 11.2. The highest BCUT2D eigenvalue weighted by Crippen LogP contribution is 2.32. The topological polar surface area (TPSA) is 55.8 Å². The quantitative estimate of drug-likeness (QED) is 0.783. The molecule has 15 heavy (non-hydrogen) atoms. The monoisotopic (exact) mass is 232 g/mol. The van der Waals surface area contributed by atoms with Crippen LogP contribution in [-0.4, -0.2) is 48.0 Å². The summed E-state index contributed by atoms with van der Waals surface area (Å²) in [6, 6.07) is 0. The molecule has 0 saturated carbocycles. The van der Waals surface area contributed by atoms with Crippen molar-refractivity contribution in [1.29, 1.82) is 0 Å². The van der Waals surface area contributed by atoms with E-state index < -0.39 is 11.6 Å². The van der Waals surface area contributed by atoms with Gasteiger partial charge in [0.1, 0.15) is 0 Å². The Labute approximate surface area is 93.3 Å². The van der Waals surface area contributed by atoms with Crippen molar-refractivity contribution in [3.63, 3.8) is 0 Å². The molecule has 0 spiro atoms. The molecule has 5 heteroatoms. The Morgan fingerprint density at radius 3 is 3.07 bits per heavy atom. The van der Waals surface area contributed by atoms with E-state index in [1.54, 1.807) is 11.8 Å². The Hall–Kier alpha value is -0.260. The number of carboxylic acids is 1. The molecule has 2 saturated heterocycles. The van der Waals surface area contributed by atoms with Gasteiger partial charge in [-0.25, -0.2) is 4.79 Å². The van der Waals surface area contributed by atoms with Crippen molar-refractivity contribution < 1.29 is 19.4 Å². The molecule has 0 aromatic rings. The van der Waals surface area contributed by atoms with Crippen LogP contribution in [0.25, 0.3) is 0 Å². The van der Waals surface area contributed by atoms with Crippen LogP contribution >= 0.6 is 11.8 Å². The summed E-state index contributed by atoms with van der Waals surface area (Å²) >= 11 is 1.65. The van der Waals surface area contributed by atoms with Crippen molar-refractivity contribution in [2.45, 2.75) is 18.4 Å². The van der Waals surface area contributed by atoms with Gasteiger partial charge in [-0.3, -0.25) is 0 Å². The highest BCUT2D eigenvalue weighted by molar-refractivity contribution is 7.99. The fraction of sp³-hybridized carbons (Fsp3) is 0.900. The molecule has 86 valence electrons. The van der Waals surface area contributed by atoms with E-state index in [-0.39, 0.29) is 0 Å². The molecule has 2 atom stereocenters. The molecule has 2 unspecified atom stereocenters. The third kappa shape index (κ3) is 2.46. The Balaban J connectivity index is 1.86. The first-order valence-electron chi connectivity index (χ1n) is 5.26. The van der Waals surface area contributed by atoms with Crippen LogP contribution in [0, 0.1) is 5.92 Å². The van der Waals surface area contributed by atoms with Crippen LogP contribution in [0.4, 0.5) is 0 Å². The van der Waals surface area contributed by atoms with Crippen LogP contribution in [0.3, 0.4) is 0 Å². The van der Waals surface area contributed by atoms with Gasteiger partial charge >= 0.3 is 5.97 Å². The van der Waals surface area contributed by atoms with Crippen molar-refractivity contribution in [1.82, 2.24) is 0 Å². The molecule has 0 aromatic heterocycles. The van der Waals surface area contributed by atoms with E-state index in [1.807, 2.05) is 0 Å². The van der Waals surface area contributed by atoms with Crippen LogP contribution in [-0.2, 0) is 14.3 Å². The molecule has 2 heterocycles. The minimum absolute atomic E-state index is 0.381. The Morgan fingerprint density at radius 1 is 1.67 bits per heavy atom. The van der Waals surface area contributed by atoms with E-state index in [2.05, 4.69) is 0 Å². The lowest BCUT2D eigenvalue weighted by molar-refractivity contribution is -0.164. The highest BCUT2D eigenvalue weighted by atomic mass is 32.2. The van der Waals surface area contributed by atoms with Gasteiger partial charge in [0.25, 0.3) is 0 Å². The molecule has 2 fully saturated rings. The van der Waals surface area contributed by atoms with Crippen molar-refractivity contribution >= 4 is 17.7 Å². The first-order chi connectivity index (χ1) is 7.23. The predicted molar refractivity (Wildman–Crippen MR) is 57.2 cm³/mol. The second-order valence-corrected chi connectivity index (χ2v) is 5.25. The lowest BCUT2D eigenvalue weighted by atomic mass is 10.0. The van der Waals surface area contributed by atoms with Crippen LogP contribution in [0.15, 0.2) is 0 Å². The molecular formula is C10H16O4S. The SMILES string of the molecule is O=C(O)C1(OCC2CCOC2)CCSC1. The average molecular weight is 232 g/mol.